The molecule has 172 valence electrons. The van der Waals surface area contributed by atoms with Crippen LogP contribution in [0.25, 0.3) is 0 Å². The predicted molar refractivity (Wildman–Crippen MR) is 118 cm³/mol. The molecule has 0 aliphatic carbocycles. The molecule has 2 N–H and O–H groups in total. The highest BCUT2D eigenvalue weighted by atomic mass is 16.5. The number of rotatable bonds is 16. The fourth-order valence-corrected chi connectivity index (χ4v) is 2.77. The topological polar surface area (TPSA) is 86.6 Å². The molecule has 0 heterocycles. The summed E-state index contributed by atoms with van der Waals surface area (Å²) in [5.74, 6) is 1.36. The molecule has 31 heavy (non-hydrogen) atoms. The Morgan fingerprint density at radius 2 is 1.00 bits per heavy atom. The molecule has 0 saturated carbocycles. The van der Waals surface area contributed by atoms with Crippen LogP contribution in [0.15, 0.2) is 48.5 Å². The summed E-state index contributed by atoms with van der Waals surface area (Å²) in [4.78, 5) is 0. The Bertz CT molecular complexity index is 641. The Hall–Kier alpha value is -2.16. The van der Waals surface area contributed by atoms with Gasteiger partial charge in [0.1, 0.15) is 36.9 Å². The van der Waals surface area contributed by atoms with Crippen LogP contribution in [-0.4, -0.2) is 76.3 Å². The van der Waals surface area contributed by atoms with E-state index in [1.165, 1.54) is 0 Å². The Morgan fingerprint density at radius 3 is 1.35 bits per heavy atom. The molecule has 0 fully saturated rings. The van der Waals surface area contributed by atoms with Gasteiger partial charge in [-0.15, -0.1) is 0 Å². The fraction of sp³-hybridized carbons (Fsp3) is 0.500. The lowest BCUT2D eigenvalue weighted by Gasteiger charge is -2.16. The normalized spacial score (nSPS) is 13.0. The second kappa shape index (κ2) is 14.8. The van der Waals surface area contributed by atoms with Crippen molar-refractivity contribution in [3.05, 3.63) is 59.7 Å². The van der Waals surface area contributed by atoms with Crippen LogP contribution >= 0.6 is 0 Å². The van der Waals surface area contributed by atoms with Gasteiger partial charge in [0, 0.05) is 14.2 Å². The molecule has 0 aromatic heterocycles. The molecular formula is C24H34O7. The quantitative estimate of drug-likeness (QED) is 0.419. The van der Waals surface area contributed by atoms with Crippen LogP contribution in [0.5, 0.6) is 11.5 Å². The first-order chi connectivity index (χ1) is 15.1. The molecule has 2 atom stereocenters. The summed E-state index contributed by atoms with van der Waals surface area (Å²) in [6, 6.07) is 15.4. The highest BCUT2D eigenvalue weighted by molar-refractivity contribution is 5.28. The Labute approximate surface area is 184 Å². The van der Waals surface area contributed by atoms with Gasteiger partial charge in [-0.2, -0.15) is 0 Å². The van der Waals surface area contributed by atoms with Crippen LogP contribution in [0.1, 0.15) is 11.1 Å². The third-order valence-electron chi connectivity index (χ3n) is 4.54. The average molecular weight is 435 g/mol. The molecule has 0 radical (unpaired) electrons. The molecule has 0 saturated heterocycles. The molecule has 2 aromatic rings. The number of hydrogen-bond donors (Lipinski definition) is 2. The van der Waals surface area contributed by atoms with Crippen molar-refractivity contribution in [1.29, 1.82) is 0 Å². The molecule has 2 aromatic carbocycles. The monoisotopic (exact) mass is 434 g/mol. The smallest absolute Gasteiger partial charge is 0.119 e. The predicted octanol–water partition coefficient (Wildman–Crippen LogP) is 2.26. The third-order valence-corrected chi connectivity index (χ3v) is 4.54. The van der Waals surface area contributed by atoms with E-state index in [9.17, 15) is 10.2 Å². The molecule has 0 aliphatic heterocycles. The maximum Gasteiger partial charge on any atom is 0.119 e. The van der Waals surface area contributed by atoms with Crippen LogP contribution < -0.4 is 9.47 Å². The van der Waals surface area contributed by atoms with Crippen molar-refractivity contribution in [2.45, 2.75) is 25.0 Å². The summed E-state index contributed by atoms with van der Waals surface area (Å²) in [6.45, 7) is 1.70. The third kappa shape index (κ3) is 10.6. The van der Waals surface area contributed by atoms with Crippen LogP contribution in [0, 0.1) is 0 Å². The molecule has 0 aliphatic rings. The SMILES string of the molecule is COCCc1ccc(OC[C@@H](O)COC[C@H](O)COc2ccc(CCOC)cc2)cc1. The van der Waals surface area contributed by atoms with Crippen molar-refractivity contribution in [2.24, 2.45) is 0 Å². The molecule has 0 amide bonds. The number of benzene rings is 2. The van der Waals surface area contributed by atoms with E-state index < -0.39 is 12.2 Å². The van der Waals surface area contributed by atoms with Gasteiger partial charge in [0.25, 0.3) is 0 Å². The number of aliphatic hydroxyl groups is 2. The lowest BCUT2D eigenvalue weighted by Crippen LogP contribution is -2.28. The molecular weight excluding hydrogens is 400 g/mol. The Kier molecular flexibility index (Phi) is 12.0. The van der Waals surface area contributed by atoms with E-state index >= 15 is 0 Å². The Morgan fingerprint density at radius 1 is 0.613 bits per heavy atom. The van der Waals surface area contributed by atoms with Crippen molar-refractivity contribution in [3.63, 3.8) is 0 Å². The second-order valence-electron chi connectivity index (χ2n) is 7.24. The highest BCUT2D eigenvalue weighted by Crippen LogP contribution is 2.14. The van der Waals surface area contributed by atoms with Crippen molar-refractivity contribution in [1.82, 2.24) is 0 Å². The standard InChI is InChI=1S/C24H34O7/c1-27-13-11-19-3-7-23(8-4-19)30-17-21(25)15-29-16-22(26)18-31-24-9-5-20(6-10-24)12-14-28-2/h3-10,21-22,25-26H,11-18H2,1-2H3/t21-,22-/m0/s1. The second-order valence-corrected chi connectivity index (χ2v) is 7.24. The van der Waals surface area contributed by atoms with Crippen molar-refractivity contribution < 1.29 is 33.9 Å². The van der Waals surface area contributed by atoms with Gasteiger partial charge in [-0.1, -0.05) is 24.3 Å². The van der Waals surface area contributed by atoms with E-state index in [1.54, 1.807) is 14.2 Å². The van der Waals surface area contributed by atoms with E-state index in [0.717, 1.165) is 24.0 Å². The summed E-state index contributed by atoms with van der Waals surface area (Å²) in [5, 5.41) is 20.0. The van der Waals surface area contributed by atoms with E-state index in [1.807, 2.05) is 48.5 Å². The number of aliphatic hydroxyl groups excluding tert-OH is 2. The van der Waals surface area contributed by atoms with Gasteiger partial charge in [-0.3, -0.25) is 0 Å². The highest BCUT2D eigenvalue weighted by Gasteiger charge is 2.10. The minimum Gasteiger partial charge on any atom is -0.491 e. The zero-order chi connectivity index (χ0) is 22.3. The van der Waals surface area contributed by atoms with Crippen LogP contribution in [0.2, 0.25) is 0 Å². The summed E-state index contributed by atoms with van der Waals surface area (Å²) >= 11 is 0. The van der Waals surface area contributed by atoms with E-state index in [4.69, 9.17) is 23.7 Å². The lowest BCUT2D eigenvalue weighted by molar-refractivity contribution is -0.0308. The van der Waals surface area contributed by atoms with Gasteiger partial charge < -0.3 is 33.9 Å². The molecule has 7 heteroatoms. The number of ether oxygens (including phenoxy) is 5. The number of hydrogen-bond acceptors (Lipinski definition) is 7. The number of methoxy groups -OCH3 is 2. The van der Waals surface area contributed by atoms with E-state index in [0.29, 0.717) is 24.7 Å². The Balaban J connectivity index is 1.57. The van der Waals surface area contributed by atoms with Crippen LogP contribution in [0.4, 0.5) is 0 Å². The molecule has 2 rings (SSSR count). The maximum atomic E-state index is 10.0. The minimum absolute atomic E-state index is 0.0666. The molecule has 0 bridgehead atoms. The largest absolute Gasteiger partial charge is 0.491 e. The zero-order valence-corrected chi connectivity index (χ0v) is 18.4. The summed E-state index contributed by atoms with van der Waals surface area (Å²) < 4.78 is 26.6. The van der Waals surface area contributed by atoms with Crippen molar-refractivity contribution in [3.8, 4) is 11.5 Å². The van der Waals surface area contributed by atoms with Gasteiger partial charge >= 0.3 is 0 Å². The van der Waals surface area contributed by atoms with Crippen LogP contribution in [0.3, 0.4) is 0 Å². The first kappa shape index (κ1) is 25.1. The summed E-state index contributed by atoms with van der Waals surface area (Å²) in [5.41, 5.74) is 2.33. The first-order valence-corrected chi connectivity index (χ1v) is 10.5. The molecule has 0 spiro atoms. The minimum atomic E-state index is -0.791. The van der Waals surface area contributed by atoms with E-state index in [2.05, 4.69) is 0 Å². The molecule has 0 unspecified atom stereocenters. The van der Waals surface area contributed by atoms with Gasteiger partial charge in [0.2, 0.25) is 0 Å². The van der Waals surface area contributed by atoms with Gasteiger partial charge in [0.15, 0.2) is 0 Å². The van der Waals surface area contributed by atoms with Crippen LogP contribution in [-0.2, 0) is 27.1 Å². The molecule has 7 nitrogen and oxygen atoms in total. The summed E-state index contributed by atoms with van der Waals surface area (Å²) in [7, 11) is 3.35. The first-order valence-electron chi connectivity index (χ1n) is 10.5. The van der Waals surface area contributed by atoms with Gasteiger partial charge in [0.05, 0.1) is 26.4 Å². The van der Waals surface area contributed by atoms with E-state index in [-0.39, 0.29) is 26.4 Å². The van der Waals surface area contributed by atoms with Gasteiger partial charge in [-0.25, -0.2) is 0 Å². The zero-order valence-electron chi connectivity index (χ0n) is 18.4. The fourth-order valence-electron chi connectivity index (χ4n) is 2.77. The summed E-state index contributed by atoms with van der Waals surface area (Å²) in [6.07, 6.45) is 0.111. The lowest BCUT2D eigenvalue weighted by atomic mass is 10.1. The van der Waals surface area contributed by atoms with Gasteiger partial charge in [-0.05, 0) is 48.2 Å². The van der Waals surface area contributed by atoms with Crippen molar-refractivity contribution >= 4 is 0 Å². The average Bonchev–Trinajstić information content (AvgIpc) is 2.80. The maximum absolute atomic E-state index is 10.0. The van der Waals surface area contributed by atoms with Crippen molar-refractivity contribution in [2.75, 3.05) is 53.9 Å².